The largest absolute Gasteiger partial charge is 0.508 e. The van der Waals surface area contributed by atoms with Crippen molar-refractivity contribution in [2.24, 2.45) is 0 Å². The predicted octanol–water partition coefficient (Wildman–Crippen LogP) is 11.0. The first-order chi connectivity index (χ1) is 25.5. The Morgan fingerprint density at radius 1 is 0.618 bits per heavy atom. The summed E-state index contributed by atoms with van der Waals surface area (Å²) in [5.41, 5.74) is 2.19. The maximum absolute atomic E-state index is 12.0. The molecule has 2 rings (SSSR count). The van der Waals surface area contributed by atoms with E-state index < -0.39 is 63.1 Å². The van der Waals surface area contributed by atoms with Gasteiger partial charge in [-0.2, -0.15) is 0 Å². The van der Waals surface area contributed by atoms with Gasteiger partial charge in [-0.3, -0.25) is 0 Å². The Morgan fingerprint density at radius 3 is 1.75 bits per heavy atom. The zero-order valence-corrected chi connectivity index (χ0v) is 42.6. The average molecular weight is 872 g/mol. The highest BCUT2D eigenvalue weighted by molar-refractivity contribution is 6.92. The molecule has 0 saturated heterocycles. The van der Waals surface area contributed by atoms with Crippen molar-refractivity contribution in [2.45, 2.75) is 142 Å². The number of hydrogen-bond acceptors (Lipinski definition) is 10. The fourth-order valence-corrected chi connectivity index (χ4v) is 37.1. The van der Waals surface area contributed by atoms with Crippen LogP contribution in [0.2, 0.25) is 90.1 Å². The summed E-state index contributed by atoms with van der Waals surface area (Å²) in [5.74, 6) is 0.259. The van der Waals surface area contributed by atoms with Crippen LogP contribution in [-0.2, 0) is 46.1 Å². The molecule has 16 heteroatoms. The summed E-state index contributed by atoms with van der Waals surface area (Å²) in [7, 11) is -14.7. The first kappa shape index (κ1) is 49.9. The molecule has 0 aliphatic heterocycles. The lowest BCUT2D eigenvalue weighted by atomic mass is 10.0. The van der Waals surface area contributed by atoms with Crippen LogP contribution in [0.15, 0.2) is 60.7 Å². The van der Waals surface area contributed by atoms with E-state index in [1.165, 1.54) is 5.56 Å². The summed E-state index contributed by atoms with van der Waals surface area (Å²) in [6.45, 7) is 32.5. The van der Waals surface area contributed by atoms with E-state index in [-0.39, 0.29) is 19.1 Å². The highest BCUT2D eigenvalue weighted by Crippen LogP contribution is 2.37. The lowest BCUT2D eigenvalue weighted by Gasteiger charge is -2.46. The second kappa shape index (κ2) is 22.8. The molecular weight excluding hydrogens is 797 g/mol. The molecule has 0 spiro atoms. The Morgan fingerprint density at radius 2 is 1.16 bits per heavy atom. The SMILES string of the molecule is CCC[Si](C)(O[Si](C)(CCCOCCOCC(C)OC(=O)OCc1ccccc1)O[Si](C)(C)C)O[Si](C)(CC(C)c1ccccc1)O[Si](C)(C)O[Si](C)(C)C. The molecule has 2 aromatic carbocycles. The van der Waals surface area contributed by atoms with E-state index in [2.05, 4.69) is 116 Å². The van der Waals surface area contributed by atoms with E-state index in [1.807, 2.05) is 30.3 Å². The van der Waals surface area contributed by atoms with Crippen LogP contribution >= 0.6 is 0 Å². The van der Waals surface area contributed by atoms with Crippen molar-refractivity contribution < 1.29 is 44.3 Å². The molecule has 5 atom stereocenters. The summed E-state index contributed by atoms with van der Waals surface area (Å²) in [5, 5.41) is 0. The Labute approximate surface area is 340 Å². The molecule has 0 saturated carbocycles. The first-order valence-electron chi connectivity index (χ1n) is 20.0. The van der Waals surface area contributed by atoms with Crippen LogP contribution in [-0.4, -0.2) is 89.6 Å². The van der Waals surface area contributed by atoms with Gasteiger partial charge in [0, 0.05) is 6.61 Å². The van der Waals surface area contributed by atoms with Crippen LogP contribution < -0.4 is 0 Å². The molecule has 0 aliphatic rings. The van der Waals surface area contributed by atoms with E-state index in [0.29, 0.717) is 19.8 Å². The minimum absolute atomic E-state index is 0.168. The lowest BCUT2D eigenvalue weighted by Crippen LogP contribution is -2.62. The maximum Gasteiger partial charge on any atom is 0.508 e. The average Bonchev–Trinajstić information content (AvgIpc) is 3.03. The van der Waals surface area contributed by atoms with E-state index in [9.17, 15) is 4.79 Å². The highest BCUT2D eigenvalue weighted by Gasteiger charge is 2.51. The highest BCUT2D eigenvalue weighted by atomic mass is 28.5. The number of carbonyl (C=O) groups excluding carboxylic acids is 1. The van der Waals surface area contributed by atoms with Gasteiger partial charge >= 0.3 is 40.4 Å². The first-order valence-corrected chi connectivity index (χ1v) is 37.2. The van der Waals surface area contributed by atoms with Crippen molar-refractivity contribution in [3.8, 4) is 0 Å². The van der Waals surface area contributed by atoms with Crippen molar-refractivity contribution >= 4 is 57.0 Å². The molecule has 0 radical (unpaired) electrons. The van der Waals surface area contributed by atoms with Crippen LogP contribution in [0.1, 0.15) is 50.7 Å². The van der Waals surface area contributed by atoms with Gasteiger partial charge in [-0.05, 0) is 121 Å². The molecule has 5 unspecified atom stereocenters. The fourth-order valence-electron chi connectivity index (χ4n) is 7.01. The molecule has 0 N–H and O–H groups in total. The van der Waals surface area contributed by atoms with Gasteiger partial charge in [-0.1, -0.05) is 80.9 Å². The number of ether oxygens (including phenoxy) is 4. The second-order valence-electron chi connectivity index (χ2n) is 17.5. The molecule has 0 amide bonds. The topological polar surface area (TPSA) is 100 Å². The van der Waals surface area contributed by atoms with Crippen LogP contribution in [0.5, 0.6) is 0 Å². The van der Waals surface area contributed by atoms with E-state index >= 15 is 0 Å². The van der Waals surface area contributed by atoms with Gasteiger partial charge in [0.1, 0.15) is 12.7 Å². The molecule has 2 aromatic rings. The Hall–Kier alpha value is -1.27. The van der Waals surface area contributed by atoms with Crippen molar-refractivity contribution in [3.63, 3.8) is 0 Å². The quantitative estimate of drug-likeness (QED) is 0.0490. The normalized spacial score (nSPS) is 17.1. The molecule has 0 aromatic heterocycles. The van der Waals surface area contributed by atoms with Gasteiger partial charge in [0.05, 0.1) is 19.8 Å². The predicted molar refractivity (Wildman–Crippen MR) is 237 cm³/mol. The standard InChI is InChI=1S/C39H74O10Si6/c1-15-30-53(12,49-55(14,47-52(10,11)45-50(4,5)6)34-35(2)38-25-20-17-21-26-38)48-54(13,46-51(7,8)9)31-22-27-41-28-29-42-32-36(3)44-39(40)43-33-37-23-18-16-19-24-37/h16-21,23-26,35-36H,15,22,27-34H2,1-14H3. The van der Waals surface area contributed by atoms with Gasteiger partial charge in [-0.25, -0.2) is 4.79 Å². The molecular formula is C39H74O10Si6. The summed E-state index contributed by atoms with van der Waals surface area (Å²) in [4.78, 5) is 12.0. The minimum Gasteiger partial charge on any atom is -0.437 e. The summed E-state index contributed by atoms with van der Waals surface area (Å²) >= 11 is 0. The van der Waals surface area contributed by atoms with E-state index in [1.54, 1.807) is 6.92 Å². The van der Waals surface area contributed by atoms with Gasteiger partial charge in [0.25, 0.3) is 0 Å². The molecule has 55 heavy (non-hydrogen) atoms. The van der Waals surface area contributed by atoms with Gasteiger partial charge < -0.3 is 39.5 Å². The van der Waals surface area contributed by atoms with Crippen LogP contribution in [0.4, 0.5) is 4.79 Å². The summed E-state index contributed by atoms with van der Waals surface area (Å²) in [6, 6.07) is 22.6. The monoisotopic (exact) mass is 870 g/mol. The third-order valence-corrected chi connectivity index (χ3v) is 31.5. The van der Waals surface area contributed by atoms with Crippen molar-refractivity contribution in [1.29, 1.82) is 0 Å². The Balaban J connectivity index is 2.04. The Kier molecular flexibility index (Phi) is 20.6. The van der Waals surface area contributed by atoms with Crippen molar-refractivity contribution in [1.82, 2.24) is 0 Å². The van der Waals surface area contributed by atoms with Crippen LogP contribution in [0, 0.1) is 0 Å². The maximum atomic E-state index is 12.0. The van der Waals surface area contributed by atoms with E-state index in [4.69, 9.17) is 39.5 Å². The van der Waals surface area contributed by atoms with Gasteiger partial charge in [-0.15, -0.1) is 0 Å². The van der Waals surface area contributed by atoms with E-state index in [0.717, 1.165) is 36.5 Å². The fraction of sp³-hybridized carbons (Fsp3) is 0.667. The second-order valence-corrected chi connectivity index (χ2v) is 41.1. The minimum atomic E-state index is -2.85. The molecule has 0 fully saturated rings. The summed E-state index contributed by atoms with van der Waals surface area (Å²) < 4.78 is 57.9. The molecule has 314 valence electrons. The zero-order chi connectivity index (χ0) is 41.4. The Bertz CT molecular complexity index is 1380. The summed E-state index contributed by atoms with van der Waals surface area (Å²) in [6.07, 6.45) is 0.606. The van der Waals surface area contributed by atoms with Crippen LogP contribution in [0.25, 0.3) is 0 Å². The molecule has 0 heterocycles. The van der Waals surface area contributed by atoms with Gasteiger partial charge in [0.15, 0.2) is 16.6 Å². The third kappa shape index (κ3) is 21.9. The number of hydrogen-bond donors (Lipinski definition) is 0. The number of benzene rings is 2. The van der Waals surface area contributed by atoms with Crippen molar-refractivity contribution in [3.05, 3.63) is 71.8 Å². The number of rotatable bonds is 27. The zero-order valence-electron chi connectivity index (χ0n) is 36.6. The molecule has 10 nitrogen and oxygen atoms in total. The van der Waals surface area contributed by atoms with Crippen molar-refractivity contribution in [2.75, 3.05) is 26.4 Å². The molecule has 0 bridgehead atoms. The molecule has 0 aliphatic carbocycles. The number of carbonyl (C=O) groups is 1. The lowest BCUT2D eigenvalue weighted by molar-refractivity contribution is -0.0236. The third-order valence-electron chi connectivity index (χ3n) is 8.29. The van der Waals surface area contributed by atoms with Crippen LogP contribution in [0.3, 0.4) is 0 Å². The smallest absolute Gasteiger partial charge is 0.437 e. The van der Waals surface area contributed by atoms with Gasteiger partial charge in [0.2, 0.25) is 0 Å².